The average Bonchev–Trinajstić information content (AvgIpc) is 2.99. The highest BCUT2D eigenvalue weighted by atomic mass is 14.5. The van der Waals surface area contributed by atoms with Crippen molar-refractivity contribution in [3.63, 3.8) is 0 Å². The highest BCUT2D eigenvalue weighted by Crippen LogP contribution is 2.61. The molecule has 1 atom stereocenters. The summed E-state index contributed by atoms with van der Waals surface area (Å²) in [4.78, 5) is 0. The highest BCUT2D eigenvalue weighted by molar-refractivity contribution is 5.87. The first-order chi connectivity index (χ1) is 12.0. The largest absolute Gasteiger partial charge is 0.0619 e. The molecule has 26 heavy (non-hydrogen) atoms. The van der Waals surface area contributed by atoms with Crippen molar-refractivity contribution in [2.45, 2.75) is 67.2 Å². The summed E-state index contributed by atoms with van der Waals surface area (Å²) < 4.78 is 0. The van der Waals surface area contributed by atoms with Crippen molar-refractivity contribution in [3.05, 3.63) is 64.2 Å². The Morgan fingerprint density at radius 2 is 1.46 bits per heavy atom. The SMILES string of the molecule is CC1=C(C(C)(C)C)C(C)(C(C)(C)C)c2cc3c(cc21)-c1ccccc1C3. The van der Waals surface area contributed by atoms with Crippen LogP contribution in [-0.4, -0.2) is 0 Å². The van der Waals surface area contributed by atoms with Crippen LogP contribution in [0.4, 0.5) is 0 Å². The second kappa shape index (κ2) is 5.12. The molecule has 2 aliphatic rings. The smallest absolute Gasteiger partial charge is 0.0199 e. The minimum absolute atomic E-state index is 0.0640. The summed E-state index contributed by atoms with van der Waals surface area (Å²) in [5.74, 6) is 0. The van der Waals surface area contributed by atoms with E-state index in [1.54, 1.807) is 11.1 Å². The third-order valence-electron chi connectivity index (χ3n) is 7.00. The van der Waals surface area contributed by atoms with Gasteiger partial charge in [0, 0.05) is 5.41 Å². The number of hydrogen-bond acceptors (Lipinski definition) is 0. The zero-order valence-electron chi connectivity index (χ0n) is 17.7. The van der Waals surface area contributed by atoms with Crippen LogP contribution in [0.2, 0.25) is 0 Å². The summed E-state index contributed by atoms with van der Waals surface area (Å²) in [5, 5.41) is 0. The molecule has 2 aromatic rings. The van der Waals surface area contributed by atoms with Crippen LogP contribution in [0.3, 0.4) is 0 Å². The lowest BCUT2D eigenvalue weighted by molar-refractivity contribution is 0.216. The maximum atomic E-state index is 2.54. The van der Waals surface area contributed by atoms with Gasteiger partial charge in [-0.05, 0) is 69.2 Å². The second-order valence-electron chi connectivity index (χ2n) is 10.5. The van der Waals surface area contributed by atoms with E-state index in [2.05, 4.69) is 91.8 Å². The van der Waals surface area contributed by atoms with E-state index in [1.165, 1.54) is 33.4 Å². The van der Waals surface area contributed by atoms with Crippen molar-refractivity contribution in [1.29, 1.82) is 0 Å². The Bertz CT molecular complexity index is 941. The first-order valence-electron chi connectivity index (χ1n) is 9.94. The minimum atomic E-state index is 0.0640. The molecule has 0 heteroatoms. The topological polar surface area (TPSA) is 0 Å². The first-order valence-corrected chi connectivity index (χ1v) is 9.94. The average molecular weight is 345 g/mol. The van der Waals surface area contributed by atoms with Gasteiger partial charge in [-0.2, -0.15) is 0 Å². The molecule has 0 heterocycles. The molecule has 0 radical (unpaired) electrons. The van der Waals surface area contributed by atoms with Crippen LogP contribution in [0.5, 0.6) is 0 Å². The lowest BCUT2D eigenvalue weighted by atomic mass is 9.57. The van der Waals surface area contributed by atoms with Crippen molar-refractivity contribution >= 4 is 5.57 Å². The molecule has 0 spiro atoms. The zero-order valence-corrected chi connectivity index (χ0v) is 17.7. The van der Waals surface area contributed by atoms with E-state index in [9.17, 15) is 0 Å². The fourth-order valence-corrected chi connectivity index (χ4v) is 5.64. The Kier molecular flexibility index (Phi) is 3.47. The monoisotopic (exact) mass is 344 g/mol. The third kappa shape index (κ3) is 2.14. The van der Waals surface area contributed by atoms with Gasteiger partial charge in [-0.3, -0.25) is 0 Å². The van der Waals surface area contributed by atoms with Crippen molar-refractivity contribution in [1.82, 2.24) is 0 Å². The molecule has 0 N–H and O–H groups in total. The lowest BCUT2D eigenvalue weighted by Crippen LogP contribution is -2.41. The molecule has 0 aromatic heterocycles. The molecule has 0 aliphatic heterocycles. The summed E-state index contributed by atoms with van der Waals surface area (Å²) >= 11 is 0. The van der Waals surface area contributed by atoms with Crippen LogP contribution in [0.25, 0.3) is 16.7 Å². The maximum absolute atomic E-state index is 2.54. The van der Waals surface area contributed by atoms with Gasteiger partial charge in [-0.1, -0.05) is 84.4 Å². The van der Waals surface area contributed by atoms with Gasteiger partial charge in [-0.15, -0.1) is 0 Å². The van der Waals surface area contributed by atoms with Gasteiger partial charge in [0.25, 0.3) is 0 Å². The van der Waals surface area contributed by atoms with E-state index in [1.807, 2.05) is 0 Å². The van der Waals surface area contributed by atoms with E-state index < -0.39 is 0 Å². The van der Waals surface area contributed by atoms with Crippen molar-refractivity contribution in [2.24, 2.45) is 10.8 Å². The van der Waals surface area contributed by atoms with Crippen LogP contribution in [0.15, 0.2) is 42.0 Å². The predicted molar refractivity (Wildman–Crippen MR) is 114 cm³/mol. The van der Waals surface area contributed by atoms with E-state index >= 15 is 0 Å². The second-order valence-corrected chi connectivity index (χ2v) is 10.5. The summed E-state index contributed by atoms with van der Waals surface area (Å²) in [7, 11) is 0. The van der Waals surface area contributed by atoms with Crippen LogP contribution in [-0.2, 0) is 11.8 Å². The number of benzene rings is 2. The molecule has 0 saturated carbocycles. The molecule has 0 bridgehead atoms. The van der Waals surface area contributed by atoms with Gasteiger partial charge in [0.2, 0.25) is 0 Å². The fourth-order valence-electron chi connectivity index (χ4n) is 5.64. The van der Waals surface area contributed by atoms with Gasteiger partial charge in [0.05, 0.1) is 0 Å². The van der Waals surface area contributed by atoms with Gasteiger partial charge in [0.15, 0.2) is 0 Å². The molecule has 0 saturated heterocycles. The molecule has 2 aromatic carbocycles. The number of fused-ring (bicyclic) bond motifs is 4. The first kappa shape index (κ1) is 17.6. The zero-order chi connectivity index (χ0) is 19.1. The van der Waals surface area contributed by atoms with Crippen LogP contribution in [0.1, 0.15) is 77.6 Å². The van der Waals surface area contributed by atoms with Gasteiger partial charge < -0.3 is 0 Å². The van der Waals surface area contributed by atoms with Crippen LogP contribution >= 0.6 is 0 Å². The summed E-state index contributed by atoms with van der Waals surface area (Å²) in [5.41, 5.74) is 12.4. The molecule has 0 fully saturated rings. The molecule has 2 aliphatic carbocycles. The highest BCUT2D eigenvalue weighted by Gasteiger charge is 2.51. The molecule has 0 nitrogen and oxygen atoms in total. The maximum Gasteiger partial charge on any atom is 0.0199 e. The molecular weight excluding hydrogens is 312 g/mol. The van der Waals surface area contributed by atoms with Gasteiger partial charge in [0.1, 0.15) is 0 Å². The molecule has 4 rings (SSSR count). The number of rotatable bonds is 0. The molecule has 136 valence electrons. The lowest BCUT2D eigenvalue weighted by Gasteiger charge is -2.47. The molecule has 1 unspecified atom stereocenters. The summed E-state index contributed by atoms with van der Waals surface area (Å²) in [6.07, 6.45) is 1.07. The van der Waals surface area contributed by atoms with Crippen molar-refractivity contribution in [3.8, 4) is 11.1 Å². The van der Waals surface area contributed by atoms with Gasteiger partial charge >= 0.3 is 0 Å². The van der Waals surface area contributed by atoms with E-state index in [4.69, 9.17) is 0 Å². The normalized spacial score (nSPS) is 21.7. The van der Waals surface area contributed by atoms with E-state index in [0.29, 0.717) is 0 Å². The quantitative estimate of drug-likeness (QED) is 0.398. The van der Waals surface area contributed by atoms with E-state index in [-0.39, 0.29) is 16.2 Å². The Labute approximate surface area is 159 Å². The van der Waals surface area contributed by atoms with E-state index in [0.717, 1.165) is 6.42 Å². The predicted octanol–water partition coefficient (Wildman–Crippen LogP) is 7.39. The Hall–Kier alpha value is -1.82. The third-order valence-corrected chi connectivity index (χ3v) is 7.00. The summed E-state index contributed by atoms with van der Waals surface area (Å²) in [6.45, 7) is 19.2. The Morgan fingerprint density at radius 1 is 0.808 bits per heavy atom. The Morgan fingerprint density at radius 3 is 2.08 bits per heavy atom. The molecular formula is C26H32. The fraction of sp³-hybridized carbons (Fsp3) is 0.462. The number of hydrogen-bond donors (Lipinski definition) is 0. The Balaban J connectivity index is 2.03. The molecule has 0 amide bonds. The van der Waals surface area contributed by atoms with Crippen LogP contribution < -0.4 is 0 Å². The minimum Gasteiger partial charge on any atom is -0.0619 e. The van der Waals surface area contributed by atoms with Crippen LogP contribution in [0, 0.1) is 10.8 Å². The van der Waals surface area contributed by atoms with Crippen molar-refractivity contribution in [2.75, 3.05) is 0 Å². The standard InChI is InChI=1S/C26H32/c1-16-20-15-21-18(13-17-11-9-10-12-19(17)21)14-22(20)26(8,25(5,6)7)23(16)24(2,3)4/h9-12,14-15H,13H2,1-8H3. The van der Waals surface area contributed by atoms with Gasteiger partial charge in [-0.25, -0.2) is 0 Å². The van der Waals surface area contributed by atoms with Crippen molar-refractivity contribution < 1.29 is 0 Å². The number of allylic oxidation sites excluding steroid dienone is 2. The summed E-state index contributed by atoms with van der Waals surface area (Å²) in [6, 6.07) is 13.9.